The van der Waals surface area contributed by atoms with Crippen molar-refractivity contribution >= 4 is 44.6 Å². The Hall–Kier alpha value is -8.09. The molecule has 0 saturated heterocycles. The molecule has 6 heteroatoms. The molecule has 0 amide bonds. The molecule has 338 valence electrons. The lowest BCUT2D eigenvalue weighted by molar-refractivity contribution is 0.483. The van der Waals surface area contributed by atoms with Gasteiger partial charge in [0.25, 0.3) is 0 Å². The molecule has 0 spiro atoms. The van der Waals surface area contributed by atoms with Crippen LogP contribution < -0.4 is 19.3 Å². The van der Waals surface area contributed by atoms with Gasteiger partial charge in [0.1, 0.15) is 35.5 Å². The van der Waals surface area contributed by atoms with Crippen LogP contribution in [0.25, 0.3) is 61.0 Å². The van der Waals surface area contributed by atoms with Crippen LogP contribution in [-0.4, -0.2) is 16.2 Å². The Bertz CT molecular complexity index is 3930. The van der Waals surface area contributed by atoms with Crippen molar-refractivity contribution in [2.75, 3.05) is 16.5 Å². The van der Waals surface area contributed by atoms with E-state index in [2.05, 4.69) is 109 Å². The second kappa shape index (κ2) is 16.0. The third kappa shape index (κ3) is 7.39. The lowest BCUT2D eigenvalue weighted by Crippen LogP contribution is -2.25. The number of aryl methyl sites for hydroxylation is 1. The van der Waals surface area contributed by atoms with E-state index in [1.807, 2.05) is 99.6 Å². The lowest BCUT2D eigenvalue weighted by atomic mass is 9.82. The Morgan fingerprint density at radius 1 is 0.536 bits per heavy atom. The highest BCUT2D eigenvalue weighted by Gasteiger charge is 2.33. The van der Waals surface area contributed by atoms with Crippen molar-refractivity contribution in [3.05, 3.63) is 205 Å². The van der Waals surface area contributed by atoms with Crippen molar-refractivity contribution in [1.82, 2.24) is 9.55 Å². The maximum absolute atomic E-state index is 9.67. The SMILES string of the molecule is [2H]c1c(C(C)(C)C)c([2H])c2c3ccc4cc3n(c2c1[2H])-c1cc(C([2H])([2H])[2H])c(cn1)-c1ccccc1Oc1ccc(cc1)-c1cc(C(C)(C)C)cc(-c2ccccc2)c1N1CN(c2cccc(c2)O4)c2ccccc21. The molecule has 6 nitrogen and oxygen atoms in total. The Kier molecular flexibility index (Phi) is 8.36. The van der Waals surface area contributed by atoms with Gasteiger partial charge < -0.3 is 19.3 Å². The predicted octanol–water partition coefficient (Wildman–Crippen LogP) is 17.2. The molecular weight excluding hydrogens is 845 g/mol. The van der Waals surface area contributed by atoms with Gasteiger partial charge in [-0.1, -0.05) is 126 Å². The minimum Gasteiger partial charge on any atom is -0.457 e. The van der Waals surface area contributed by atoms with Crippen LogP contribution >= 0.6 is 0 Å². The number of aromatic nitrogens is 2. The number of fused-ring (bicyclic) bond motifs is 5. The largest absolute Gasteiger partial charge is 0.457 e. The van der Waals surface area contributed by atoms with Crippen molar-refractivity contribution in [3.63, 3.8) is 0 Å². The maximum atomic E-state index is 9.67. The number of rotatable bonds is 1. The van der Waals surface area contributed by atoms with Crippen LogP contribution in [0.15, 0.2) is 188 Å². The average molecular weight is 905 g/mol. The highest BCUT2D eigenvalue weighted by molar-refractivity contribution is 6.10. The topological polar surface area (TPSA) is 42.8 Å². The summed E-state index contributed by atoms with van der Waals surface area (Å²) in [6.07, 6.45) is 1.55. The summed E-state index contributed by atoms with van der Waals surface area (Å²) in [5.74, 6) is 2.28. The molecule has 6 heterocycles. The van der Waals surface area contributed by atoms with Gasteiger partial charge in [0, 0.05) is 61.2 Å². The highest BCUT2D eigenvalue weighted by Crippen LogP contribution is 2.52. The van der Waals surface area contributed by atoms with Crippen LogP contribution in [0.5, 0.6) is 23.0 Å². The van der Waals surface area contributed by atoms with Crippen molar-refractivity contribution in [2.24, 2.45) is 0 Å². The summed E-state index contributed by atoms with van der Waals surface area (Å²) in [5.41, 5.74) is 10.9. The van der Waals surface area contributed by atoms with E-state index in [9.17, 15) is 4.11 Å². The first-order valence-corrected chi connectivity index (χ1v) is 23.5. The molecule has 0 fully saturated rings. The van der Waals surface area contributed by atoms with E-state index in [0.29, 0.717) is 62.6 Å². The first-order chi connectivity index (χ1) is 35.8. The van der Waals surface area contributed by atoms with Gasteiger partial charge >= 0.3 is 0 Å². The Morgan fingerprint density at radius 3 is 1.97 bits per heavy atom. The summed E-state index contributed by atoms with van der Waals surface area (Å²) < 4.78 is 70.7. The highest BCUT2D eigenvalue weighted by atomic mass is 16.5. The van der Waals surface area contributed by atoms with Crippen LogP contribution in [-0.2, 0) is 10.8 Å². The van der Waals surface area contributed by atoms with E-state index in [1.165, 1.54) is 11.6 Å². The fraction of sp³-hybridized carbons (Fsp3) is 0.159. The van der Waals surface area contributed by atoms with E-state index in [1.54, 1.807) is 10.8 Å². The van der Waals surface area contributed by atoms with Crippen LogP contribution in [0.4, 0.5) is 22.7 Å². The van der Waals surface area contributed by atoms with Gasteiger partial charge in [-0.15, -0.1) is 0 Å². The molecule has 2 aromatic heterocycles. The Labute approximate surface area is 413 Å². The molecular formula is C63H54N4O2. The minimum atomic E-state index is -2.63. The number of hydrogen-bond acceptors (Lipinski definition) is 5. The van der Waals surface area contributed by atoms with Gasteiger partial charge in [-0.05, 0) is 130 Å². The first-order valence-electron chi connectivity index (χ1n) is 26.5. The molecule has 0 saturated carbocycles. The Morgan fingerprint density at radius 2 is 1.22 bits per heavy atom. The van der Waals surface area contributed by atoms with Crippen molar-refractivity contribution in [2.45, 2.75) is 59.2 Å². The van der Waals surface area contributed by atoms with Crippen molar-refractivity contribution in [1.29, 1.82) is 0 Å². The monoisotopic (exact) mass is 904 g/mol. The standard InChI is InChI=1S/C63H54N4O2/c1-40-32-60-64-38-54(40)50-20-11-14-23-59(50)69-46-27-24-42(25-28-46)52-35-44(63(5,6)7)34-51(41-16-9-8-10-17-41)61(52)66-39-65(56-21-12-13-22-57(56)66)45-18-15-19-47(36-45)68-48-29-30-49-53-33-43(62(2,3)4)26-31-55(53)67(60)58(49)37-48/h8-38H,39H2,1-7H3/i1D3,26D,31D,33D. The van der Waals surface area contributed by atoms with Crippen LogP contribution in [0.2, 0.25) is 0 Å². The summed E-state index contributed by atoms with van der Waals surface area (Å²) in [6.45, 7) is 10.4. The smallest absolute Gasteiger partial charge is 0.137 e. The molecule has 0 N–H and O–H groups in total. The molecule has 4 aliphatic rings. The molecule has 10 bridgehead atoms. The minimum absolute atomic E-state index is 0.0173. The zero-order valence-corrected chi connectivity index (χ0v) is 39.5. The molecule has 0 atom stereocenters. The van der Waals surface area contributed by atoms with E-state index in [4.69, 9.17) is 18.6 Å². The van der Waals surface area contributed by atoms with Gasteiger partial charge in [0.05, 0.1) is 32.2 Å². The maximum Gasteiger partial charge on any atom is 0.137 e. The summed E-state index contributed by atoms with van der Waals surface area (Å²) in [6, 6.07) is 54.3. The van der Waals surface area contributed by atoms with Gasteiger partial charge in [0.15, 0.2) is 0 Å². The van der Waals surface area contributed by atoms with Gasteiger partial charge in [-0.2, -0.15) is 0 Å². The van der Waals surface area contributed by atoms with Gasteiger partial charge in [-0.25, -0.2) is 4.98 Å². The molecule has 10 aromatic rings. The quantitative estimate of drug-likeness (QED) is 0.164. The van der Waals surface area contributed by atoms with Crippen LogP contribution in [0, 0.1) is 6.85 Å². The predicted molar refractivity (Wildman–Crippen MR) is 286 cm³/mol. The lowest BCUT2D eigenvalue weighted by Gasteiger charge is -2.30. The molecule has 0 unspecified atom stereocenters. The summed E-state index contributed by atoms with van der Waals surface area (Å²) in [5, 5.41) is 1.11. The third-order valence-corrected chi connectivity index (χ3v) is 13.4. The molecule has 8 aromatic carbocycles. The Balaban J connectivity index is 1.13. The summed E-state index contributed by atoms with van der Waals surface area (Å²) >= 11 is 0. The fourth-order valence-electron chi connectivity index (χ4n) is 9.75. The number of anilines is 4. The van der Waals surface area contributed by atoms with E-state index in [-0.39, 0.29) is 40.4 Å². The van der Waals surface area contributed by atoms with E-state index < -0.39 is 12.3 Å². The van der Waals surface area contributed by atoms with E-state index >= 15 is 0 Å². The third-order valence-electron chi connectivity index (χ3n) is 13.4. The average Bonchev–Trinajstić information content (AvgIpc) is 3.94. The van der Waals surface area contributed by atoms with Gasteiger partial charge in [-0.3, -0.25) is 4.57 Å². The van der Waals surface area contributed by atoms with Crippen molar-refractivity contribution in [3.8, 4) is 62.2 Å². The number of nitrogens with zero attached hydrogens (tertiary/aromatic N) is 4. The molecule has 0 aliphatic carbocycles. The fourth-order valence-corrected chi connectivity index (χ4v) is 9.75. The normalized spacial score (nSPS) is 14.7. The second-order valence-corrected chi connectivity index (χ2v) is 20.1. The number of benzene rings is 8. The summed E-state index contributed by atoms with van der Waals surface area (Å²) in [4.78, 5) is 9.70. The zero-order valence-electron chi connectivity index (χ0n) is 45.5. The number of ether oxygens (including phenoxy) is 2. The molecule has 14 rings (SSSR count). The molecule has 4 aliphatic heterocycles. The molecule has 0 radical (unpaired) electrons. The first kappa shape index (κ1) is 36.0. The van der Waals surface area contributed by atoms with Crippen molar-refractivity contribution < 1.29 is 17.7 Å². The second-order valence-electron chi connectivity index (χ2n) is 20.1. The number of pyridine rings is 1. The zero-order chi connectivity index (χ0) is 52.3. The number of hydrogen-bond donors (Lipinski definition) is 0. The van der Waals surface area contributed by atoms with Crippen LogP contribution in [0.3, 0.4) is 0 Å². The summed E-state index contributed by atoms with van der Waals surface area (Å²) in [7, 11) is 0. The van der Waals surface area contributed by atoms with E-state index in [0.717, 1.165) is 45.0 Å². The van der Waals surface area contributed by atoms with Crippen LogP contribution in [0.1, 0.15) is 66.5 Å². The van der Waals surface area contributed by atoms with Gasteiger partial charge in [0.2, 0.25) is 0 Å². The number of para-hydroxylation sites is 3. The molecule has 69 heavy (non-hydrogen) atoms.